The van der Waals surface area contributed by atoms with Gasteiger partial charge in [0.15, 0.2) is 0 Å². The summed E-state index contributed by atoms with van der Waals surface area (Å²) in [5, 5.41) is 3.80. The maximum atomic E-state index is 3.83. The molecule has 1 heterocycles. The molecule has 1 nitrogen and oxygen atoms in total. The van der Waals surface area contributed by atoms with E-state index >= 15 is 0 Å². The summed E-state index contributed by atoms with van der Waals surface area (Å²) in [6.45, 7) is 7.23. The van der Waals surface area contributed by atoms with Crippen LogP contribution in [0.25, 0.3) is 0 Å². The Balaban J connectivity index is 0.000000704. The molecule has 1 aliphatic heterocycles. The third-order valence-electron chi connectivity index (χ3n) is 4.86. The summed E-state index contributed by atoms with van der Waals surface area (Å²) in [5.41, 5.74) is 2.45. The molecule has 1 saturated heterocycles. The highest BCUT2D eigenvalue weighted by molar-refractivity contribution is 7.77. The Morgan fingerprint density at radius 2 is 1.75 bits per heavy atom. The van der Waals surface area contributed by atoms with Crippen LogP contribution in [0.2, 0.25) is 0 Å². The molecule has 1 saturated carbocycles. The van der Waals surface area contributed by atoms with Crippen molar-refractivity contribution in [1.82, 2.24) is 5.32 Å². The first-order valence-corrected chi connectivity index (χ1v) is 8.17. The second kappa shape index (κ2) is 5.95. The van der Waals surface area contributed by atoms with E-state index in [1.54, 1.807) is 5.56 Å². The minimum absolute atomic E-state index is 0.415. The molecule has 0 spiro atoms. The molecule has 1 aromatic carbocycles. The van der Waals surface area contributed by atoms with Crippen LogP contribution in [-0.2, 0) is 5.41 Å². The van der Waals surface area contributed by atoms with E-state index in [9.17, 15) is 0 Å². The lowest BCUT2D eigenvalue weighted by atomic mass is 9.55. The number of fused-ring (bicyclic) bond motifs is 2. The Morgan fingerprint density at radius 3 is 2.40 bits per heavy atom. The van der Waals surface area contributed by atoms with Gasteiger partial charge in [0.1, 0.15) is 0 Å². The summed E-state index contributed by atoms with van der Waals surface area (Å²) in [5.74, 6) is 2.83. The Morgan fingerprint density at radius 1 is 1.10 bits per heavy atom. The van der Waals surface area contributed by atoms with E-state index in [4.69, 9.17) is 0 Å². The average molecular weight is 289 g/mol. The number of nitrogens with one attached hydrogen (secondary N) is 1. The van der Waals surface area contributed by atoms with E-state index in [0.29, 0.717) is 22.9 Å². The van der Waals surface area contributed by atoms with Crippen LogP contribution < -0.4 is 5.32 Å². The maximum absolute atomic E-state index is 3.83. The minimum Gasteiger partial charge on any atom is -0.311 e. The van der Waals surface area contributed by atoms with Gasteiger partial charge in [0.2, 0.25) is 0 Å². The van der Waals surface area contributed by atoms with Crippen molar-refractivity contribution in [2.24, 2.45) is 5.41 Å². The van der Waals surface area contributed by atoms with E-state index in [1.807, 2.05) is 0 Å². The van der Waals surface area contributed by atoms with Crippen molar-refractivity contribution < 1.29 is 0 Å². The fourth-order valence-electron chi connectivity index (χ4n) is 4.72. The molecular weight excluding hydrogens is 262 g/mol. The molecule has 2 aliphatic rings. The number of benzene rings is 1. The quantitative estimate of drug-likeness (QED) is 0.764. The Hall–Kier alpha value is -0.730. The van der Waals surface area contributed by atoms with Crippen molar-refractivity contribution in [3.8, 4) is 0 Å². The maximum Gasteiger partial charge on any atom is 0.00831 e. The van der Waals surface area contributed by atoms with Gasteiger partial charge in [-0.2, -0.15) is 0 Å². The first-order valence-electron chi connectivity index (χ1n) is 7.60. The van der Waals surface area contributed by atoms with E-state index < -0.39 is 0 Å². The molecule has 20 heavy (non-hydrogen) atoms. The zero-order chi connectivity index (χ0) is 14.8. The van der Waals surface area contributed by atoms with Gasteiger partial charge < -0.3 is 5.32 Å². The summed E-state index contributed by atoms with van der Waals surface area (Å²) in [4.78, 5) is 0. The molecule has 1 aromatic rings. The number of hydrogen-bond donors (Lipinski definition) is 1. The number of hydrogen-bond acceptors (Lipinski definition) is 2. The Bertz CT molecular complexity index is 438. The SMILES string of the molecule is C=S.CC1CC2(c3ccccc3)CC(CC(C)(C)C2)N1. The first-order chi connectivity index (χ1) is 9.49. The van der Waals surface area contributed by atoms with Gasteiger partial charge in [-0.15, -0.1) is 0 Å². The van der Waals surface area contributed by atoms with Gasteiger partial charge in [-0.25, -0.2) is 0 Å². The van der Waals surface area contributed by atoms with Gasteiger partial charge >= 0.3 is 0 Å². The molecule has 3 atom stereocenters. The van der Waals surface area contributed by atoms with Crippen molar-refractivity contribution in [2.75, 3.05) is 0 Å². The zero-order valence-electron chi connectivity index (χ0n) is 13.0. The van der Waals surface area contributed by atoms with E-state index in [2.05, 4.69) is 74.5 Å². The van der Waals surface area contributed by atoms with Crippen LogP contribution in [0, 0.1) is 5.41 Å². The standard InChI is InChI=1S/C17H25N.CH2S/c1-13-9-17(14-7-5-4-6-8-14)11-15(18-13)10-16(2,3)12-17;1-2/h4-8,13,15,18H,9-12H2,1-3H3;1H2. The monoisotopic (exact) mass is 289 g/mol. The molecular formula is C18H27NS. The highest BCUT2D eigenvalue weighted by Gasteiger charge is 2.48. The van der Waals surface area contributed by atoms with Gasteiger partial charge in [-0.1, -0.05) is 56.4 Å². The summed E-state index contributed by atoms with van der Waals surface area (Å²) in [6, 6.07) is 12.6. The van der Waals surface area contributed by atoms with E-state index in [0.717, 1.165) is 0 Å². The highest BCUT2D eigenvalue weighted by Crippen LogP contribution is 2.52. The number of piperidine rings is 1. The summed E-state index contributed by atoms with van der Waals surface area (Å²) >= 11 is 3.83. The topological polar surface area (TPSA) is 12.0 Å². The van der Waals surface area contributed by atoms with Gasteiger partial charge in [0, 0.05) is 12.1 Å². The van der Waals surface area contributed by atoms with Crippen molar-refractivity contribution >= 4 is 18.1 Å². The van der Waals surface area contributed by atoms with E-state index in [1.165, 1.54) is 25.7 Å². The Labute approximate surface area is 129 Å². The number of rotatable bonds is 1. The normalized spacial score (nSPS) is 34.8. The van der Waals surface area contributed by atoms with Gasteiger partial charge in [-0.05, 0) is 54.9 Å². The molecule has 0 radical (unpaired) electrons. The summed E-state index contributed by atoms with van der Waals surface area (Å²) in [6.07, 6.45) is 5.28. The van der Waals surface area contributed by atoms with Crippen molar-refractivity contribution in [3.05, 3.63) is 35.9 Å². The Kier molecular flexibility index (Phi) is 4.66. The zero-order valence-corrected chi connectivity index (χ0v) is 13.8. The molecule has 1 aliphatic carbocycles. The van der Waals surface area contributed by atoms with Crippen molar-refractivity contribution in [2.45, 2.75) is 64.0 Å². The third-order valence-corrected chi connectivity index (χ3v) is 4.86. The fourth-order valence-corrected chi connectivity index (χ4v) is 4.72. The van der Waals surface area contributed by atoms with Crippen LogP contribution in [0.15, 0.2) is 30.3 Å². The number of thiocarbonyl (C=S) groups is 1. The molecule has 0 aromatic heterocycles. The molecule has 2 heteroatoms. The molecule has 0 amide bonds. The molecule has 2 fully saturated rings. The first kappa shape index (κ1) is 15.7. The van der Waals surface area contributed by atoms with Crippen molar-refractivity contribution in [3.63, 3.8) is 0 Å². The predicted molar refractivity (Wildman–Crippen MR) is 91.5 cm³/mol. The van der Waals surface area contributed by atoms with Crippen LogP contribution in [0.1, 0.15) is 52.0 Å². The van der Waals surface area contributed by atoms with Crippen LogP contribution in [0.3, 0.4) is 0 Å². The largest absolute Gasteiger partial charge is 0.311 e. The second-order valence-corrected chi connectivity index (χ2v) is 7.36. The van der Waals surface area contributed by atoms with Crippen LogP contribution >= 0.6 is 12.2 Å². The molecule has 1 N–H and O–H groups in total. The second-order valence-electron chi connectivity index (χ2n) is 7.36. The molecule has 3 unspecified atom stereocenters. The molecule has 110 valence electrons. The van der Waals surface area contributed by atoms with E-state index in [-0.39, 0.29) is 0 Å². The average Bonchev–Trinajstić information content (AvgIpc) is 2.39. The van der Waals surface area contributed by atoms with Crippen LogP contribution in [0.4, 0.5) is 0 Å². The lowest BCUT2D eigenvalue weighted by Gasteiger charge is -2.54. The lowest BCUT2D eigenvalue weighted by molar-refractivity contribution is 0.0611. The molecule has 2 bridgehead atoms. The van der Waals surface area contributed by atoms with Gasteiger partial charge in [-0.3, -0.25) is 0 Å². The fraction of sp³-hybridized carbons (Fsp3) is 0.611. The van der Waals surface area contributed by atoms with Gasteiger partial charge in [0.05, 0.1) is 0 Å². The smallest absolute Gasteiger partial charge is 0.00831 e. The lowest BCUT2D eigenvalue weighted by Crippen LogP contribution is -2.57. The minimum atomic E-state index is 0.415. The highest BCUT2D eigenvalue weighted by atomic mass is 32.1. The summed E-state index contributed by atoms with van der Waals surface area (Å²) in [7, 11) is 0. The third kappa shape index (κ3) is 3.12. The van der Waals surface area contributed by atoms with Crippen LogP contribution in [-0.4, -0.2) is 18.0 Å². The van der Waals surface area contributed by atoms with Crippen LogP contribution in [0.5, 0.6) is 0 Å². The molecule has 3 rings (SSSR count). The van der Waals surface area contributed by atoms with Crippen molar-refractivity contribution in [1.29, 1.82) is 0 Å². The van der Waals surface area contributed by atoms with Gasteiger partial charge in [0.25, 0.3) is 0 Å². The summed E-state index contributed by atoms with van der Waals surface area (Å²) < 4.78 is 0. The predicted octanol–water partition coefficient (Wildman–Crippen LogP) is 4.50.